The zero-order chi connectivity index (χ0) is 33.1. The molecule has 0 aliphatic carbocycles. The number of fused-ring (bicyclic) bond motifs is 1. The lowest BCUT2D eigenvalue weighted by Crippen LogP contribution is -2.46. The molecule has 0 spiro atoms. The second-order valence-corrected chi connectivity index (χ2v) is 14.1. The van der Waals surface area contributed by atoms with Gasteiger partial charge in [-0.15, -0.1) is 0 Å². The molecule has 254 valence electrons. The monoisotopic (exact) mass is 672 g/mol. The van der Waals surface area contributed by atoms with Crippen molar-refractivity contribution >= 4 is 40.6 Å². The molecule has 3 fully saturated rings. The number of likely N-dealkylation sites (tertiary alicyclic amines) is 1. The van der Waals surface area contributed by atoms with Gasteiger partial charge in [0.2, 0.25) is 17.8 Å². The second kappa shape index (κ2) is 14.4. The Morgan fingerprint density at radius 3 is 2.51 bits per heavy atom. The summed E-state index contributed by atoms with van der Waals surface area (Å²) in [6.07, 6.45) is 7.04. The van der Waals surface area contributed by atoms with Crippen molar-refractivity contribution in [2.75, 3.05) is 43.8 Å². The summed E-state index contributed by atoms with van der Waals surface area (Å²) in [5.74, 6) is 0.425. The topological polar surface area (TPSA) is 138 Å². The number of benzene rings is 1. The fourth-order valence-corrected chi connectivity index (χ4v) is 7.84. The Bertz CT molecular complexity index is 1560. The number of piperidine rings is 3. The van der Waals surface area contributed by atoms with Gasteiger partial charge in [-0.2, -0.15) is 13.9 Å². The molecule has 3 aliphatic heterocycles. The molecule has 3 aromatic rings. The minimum absolute atomic E-state index is 0.0701. The zero-order valence-electron chi connectivity index (χ0n) is 26.7. The summed E-state index contributed by atoms with van der Waals surface area (Å²) in [7, 11) is 1.90. The lowest BCUT2D eigenvalue weighted by atomic mass is 9.87. The molecule has 6 rings (SSSR count). The van der Waals surface area contributed by atoms with Gasteiger partial charge in [-0.1, -0.05) is 24.1 Å². The van der Waals surface area contributed by atoms with E-state index in [0.717, 1.165) is 68.5 Å². The first-order valence-electron chi connectivity index (χ1n) is 16.2. The summed E-state index contributed by atoms with van der Waals surface area (Å²) in [4.78, 5) is 34.6. The molecule has 0 bridgehead atoms. The number of alkyl halides is 2. The van der Waals surface area contributed by atoms with Gasteiger partial charge in [0.25, 0.3) is 0 Å². The molecule has 2 atom stereocenters. The summed E-state index contributed by atoms with van der Waals surface area (Å²) in [6, 6.07) is 6.60. The predicted octanol–water partition coefficient (Wildman–Crippen LogP) is 3.64. The Morgan fingerprint density at radius 1 is 1.11 bits per heavy atom. The number of halogens is 2. The van der Waals surface area contributed by atoms with Crippen molar-refractivity contribution in [1.29, 1.82) is 0 Å². The third-order valence-corrected chi connectivity index (χ3v) is 10.8. The number of nitrogens with one attached hydrogen (secondary N) is 2. The third kappa shape index (κ3) is 8.37. The van der Waals surface area contributed by atoms with Crippen molar-refractivity contribution in [3.63, 3.8) is 0 Å². The van der Waals surface area contributed by atoms with Crippen molar-refractivity contribution in [1.82, 2.24) is 34.3 Å². The van der Waals surface area contributed by atoms with Crippen LogP contribution >= 0.6 is 11.9 Å². The van der Waals surface area contributed by atoms with Crippen LogP contribution in [0.1, 0.15) is 68.5 Å². The van der Waals surface area contributed by atoms with Crippen LogP contribution in [-0.4, -0.2) is 103 Å². The smallest absolute Gasteiger partial charge is 0.387 e. The third-order valence-electron chi connectivity index (χ3n) is 9.30. The van der Waals surface area contributed by atoms with E-state index >= 15 is 0 Å². The van der Waals surface area contributed by atoms with Gasteiger partial charge in [0, 0.05) is 50.3 Å². The van der Waals surface area contributed by atoms with E-state index in [1.54, 1.807) is 11.9 Å². The first-order chi connectivity index (χ1) is 22.5. The lowest BCUT2D eigenvalue weighted by molar-refractivity contribution is -0.134. The van der Waals surface area contributed by atoms with E-state index < -0.39 is 18.1 Å². The Balaban J connectivity index is 0.938. The SMILES string of the molecule is Cn1nc(C2CCC(=O)NC2=O)c2ccc(C3CCN(CC(C)(O)CSN4CCC(Nc5ncc(OC(F)F)cn5)CC4)CC3)cc21. The number of aryl methyl sites for hydroxylation is 1. The molecule has 0 radical (unpaired) electrons. The van der Waals surface area contributed by atoms with Crippen LogP contribution in [0.25, 0.3) is 10.9 Å². The molecule has 12 nitrogen and oxygen atoms in total. The van der Waals surface area contributed by atoms with Gasteiger partial charge in [0.05, 0.1) is 35.1 Å². The van der Waals surface area contributed by atoms with E-state index in [1.807, 2.05) is 18.7 Å². The van der Waals surface area contributed by atoms with Crippen LogP contribution in [0.2, 0.25) is 0 Å². The van der Waals surface area contributed by atoms with Crippen molar-refractivity contribution in [3.05, 3.63) is 41.9 Å². The number of hydrogen-bond acceptors (Lipinski definition) is 11. The van der Waals surface area contributed by atoms with E-state index in [-0.39, 0.29) is 23.6 Å². The summed E-state index contributed by atoms with van der Waals surface area (Å²) >= 11 is 1.68. The van der Waals surface area contributed by atoms with Gasteiger partial charge < -0.3 is 20.1 Å². The van der Waals surface area contributed by atoms with Gasteiger partial charge in [-0.05, 0) is 69.7 Å². The Labute approximate surface area is 276 Å². The van der Waals surface area contributed by atoms with Crippen LogP contribution in [0.4, 0.5) is 14.7 Å². The molecular weight excluding hydrogens is 630 g/mol. The van der Waals surface area contributed by atoms with E-state index in [4.69, 9.17) is 0 Å². The van der Waals surface area contributed by atoms with E-state index in [9.17, 15) is 23.5 Å². The highest BCUT2D eigenvalue weighted by Gasteiger charge is 2.33. The number of hydrogen-bond donors (Lipinski definition) is 3. The molecule has 2 aromatic heterocycles. The number of aliphatic hydroxyl groups is 1. The quantitative estimate of drug-likeness (QED) is 0.203. The van der Waals surface area contributed by atoms with Gasteiger partial charge in [0.1, 0.15) is 0 Å². The molecule has 15 heteroatoms. The van der Waals surface area contributed by atoms with Gasteiger partial charge in [-0.25, -0.2) is 9.97 Å². The molecule has 47 heavy (non-hydrogen) atoms. The van der Waals surface area contributed by atoms with Crippen LogP contribution in [0.15, 0.2) is 30.6 Å². The fourth-order valence-electron chi connectivity index (χ4n) is 6.82. The normalized spacial score (nSPS) is 22.0. The molecule has 5 heterocycles. The van der Waals surface area contributed by atoms with E-state index in [1.165, 1.54) is 18.0 Å². The van der Waals surface area contributed by atoms with Crippen LogP contribution in [0.3, 0.4) is 0 Å². The van der Waals surface area contributed by atoms with Gasteiger partial charge in [-0.3, -0.25) is 23.9 Å². The number of imide groups is 1. The van der Waals surface area contributed by atoms with Gasteiger partial charge in [0.15, 0.2) is 5.75 Å². The molecule has 1 aromatic carbocycles. The molecular formula is C32H42F2N8O4S. The minimum atomic E-state index is -2.90. The van der Waals surface area contributed by atoms with Crippen molar-refractivity contribution < 1.29 is 28.2 Å². The van der Waals surface area contributed by atoms with E-state index in [2.05, 4.69) is 57.8 Å². The molecule has 2 amide bonds. The highest BCUT2D eigenvalue weighted by atomic mass is 32.2. The minimum Gasteiger partial charge on any atom is -0.432 e. The number of amides is 2. The Kier molecular flexibility index (Phi) is 10.2. The van der Waals surface area contributed by atoms with Crippen molar-refractivity contribution in [3.8, 4) is 5.75 Å². The summed E-state index contributed by atoms with van der Waals surface area (Å²) in [5, 5.41) is 22.6. The molecule has 3 N–H and O–H groups in total. The maximum atomic E-state index is 12.5. The van der Waals surface area contributed by atoms with Crippen LogP contribution in [-0.2, 0) is 16.6 Å². The molecule has 3 saturated heterocycles. The fraction of sp³-hybridized carbons (Fsp3) is 0.594. The van der Waals surface area contributed by atoms with Crippen LogP contribution < -0.4 is 15.4 Å². The summed E-state index contributed by atoms with van der Waals surface area (Å²) < 4.78 is 33.1. The number of carbonyl (C=O) groups is 2. The first-order valence-corrected chi connectivity index (χ1v) is 17.1. The highest BCUT2D eigenvalue weighted by molar-refractivity contribution is 7.97. The maximum Gasteiger partial charge on any atom is 0.387 e. The predicted molar refractivity (Wildman–Crippen MR) is 174 cm³/mol. The number of carbonyl (C=O) groups excluding carboxylic acids is 2. The standard InChI is InChI=1S/C32H42F2N8O4S/c1-32(45,19-47-42-13-9-22(10-14-42)37-31-35-16-23(17-36-31)46-30(33)34)18-41-11-7-20(8-12-41)21-3-4-24-26(15-21)40(2)39-28(24)25-5-6-27(43)38-29(25)44/h3-4,15-17,20,22,25,30,45H,5-14,18-19H2,1-2H3,(H,35,36,37)(H,38,43,44). The maximum absolute atomic E-state index is 12.5. The summed E-state index contributed by atoms with van der Waals surface area (Å²) in [5.41, 5.74) is 2.16. The number of anilines is 1. The molecule has 2 unspecified atom stereocenters. The largest absolute Gasteiger partial charge is 0.432 e. The second-order valence-electron chi connectivity index (χ2n) is 13.1. The van der Waals surface area contributed by atoms with Crippen LogP contribution in [0, 0.1) is 0 Å². The van der Waals surface area contributed by atoms with Crippen LogP contribution in [0.5, 0.6) is 5.75 Å². The number of aromatic nitrogens is 4. The van der Waals surface area contributed by atoms with Crippen molar-refractivity contribution in [2.24, 2.45) is 7.05 Å². The molecule has 3 aliphatic rings. The average molecular weight is 673 g/mol. The lowest BCUT2D eigenvalue weighted by Gasteiger charge is -2.38. The number of nitrogens with zero attached hydrogens (tertiary/aromatic N) is 6. The summed E-state index contributed by atoms with van der Waals surface area (Å²) in [6.45, 7) is 3.14. The Morgan fingerprint density at radius 2 is 1.83 bits per heavy atom. The van der Waals surface area contributed by atoms with Gasteiger partial charge >= 0.3 is 6.61 Å². The number of ether oxygens (including phenoxy) is 1. The molecule has 0 saturated carbocycles. The van der Waals surface area contributed by atoms with E-state index in [0.29, 0.717) is 37.0 Å². The zero-order valence-corrected chi connectivity index (χ0v) is 27.5. The van der Waals surface area contributed by atoms with Crippen molar-refractivity contribution in [2.45, 2.75) is 75.5 Å². The Hall–Kier alpha value is -3.40. The highest BCUT2D eigenvalue weighted by Crippen LogP contribution is 2.35. The number of β-amino-alcohol motifs (C(OH)–C–C–N with tert-alkyl or cyclic N) is 1. The average Bonchev–Trinajstić information content (AvgIpc) is 3.37. The first kappa shape index (κ1) is 33.5. The number of rotatable bonds is 11.